The molecule has 0 aromatic heterocycles. The van der Waals surface area contributed by atoms with Crippen LogP contribution in [0.15, 0.2) is 18.2 Å². The molecule has 1 aromatic carbocycles. The second-order valence-corrected chi connectivity index (χ2v) is 4.31. The topological polar surface area (TPSA) is 29.1 Å². The smallest absolute Gasteiger partial charge is 0.252 e. The van der Waals surface area contributed by atoms with Crippen LogP contribution in [0, 0.1) is 5.82 Å². The number of hydrogen-bond donors (Lipinski definition) is 1. The van der Waals surface area contributed by atoms with Crippen molar-refractivity contribution in [2.45, 2.75) is 18.7 Å². The van der Waals surface area contributed by atoms with Gasteiger partial charge >= 0.3 is 0 Å². The second-order valence-electron chi connectivity index (χ2n) is 3.32. The van der Waals surface area contributed by atoms with Crippen LogP contribution < -0.4 is 5.32 Å². The van der Waals surface area contributed by atoms with Crippen LogP contribution in [0.4, 0.5) is 4.39 Å². The zero-order chi connectivity index (χ0) is 12.1. The van der Waals surface area contributed by atoms with E-state index in [1.807, 2.05) is 6.92 Å². The molecule has 2 nitrogen and oxygen atoms in total. The minimum absolute atomic E-state index is 0.127. The minimum Gasteiger partial charge on any atom is -0.351 e. The summed E-state index contributed by atoms with van der Waals surface area (Å²) in [6, 6.07) is 4.11. The van der Waals surface area contributed by atoms with Crippen LogP contribution in [0.25, 0.3) is 0 Å². The SMILES string of the molecule is CCC(Cl)CNC(=O)c1cccc(F)c1Cl. The van der Waals surface area contributed by atoms with Gasteiger partial charge in [0.05, 0.1) is 16.0 Å². The maximum absolute atomic E-state index is 13.1. The largest absolute Gasteiger partial charge is 0.351 e. The van der Waals surface area contributed by atoms with Gasteiger partial charge in [-0.05, 0) is 18.6 Å². The third-order valence-corrected chi connectivity index (χ3v) is 2.97. The monoisotopic (exact) mass is 263 g/mol. The van der Waals surface area contributed by atoms with Crippen LogP contribution in [0.5, 0.6) is 0 Å². The first-order valence-corrected chi connectivity index (χ1v) is 5.74. The Kier molecular flexibility index (Phi) is 5.03. The van der Waals surface area contributed by atoms with Crippen molar-refractivity contribution >= 4 is 29.1 Å². The molecule has 1 unspecified atom stereocenters. The number of rotatable bonds is 4. The summed E-state index contributed by atoms with van der Waals surface area (Å²) in [4.78, 5) is 11.6. The molecule has 0 saturated carbocycles. The Hall–Kier alpha value is -0.800. The van der Waals surface area contributed by atoms with Gasteiger partial charge in [0.1, 0.15) is 5.82 Å². The number of benzene rings is 1. The zero-order valence-corrected chi connectivity index (χ0v) is 10.3. The molecule has 16 heavy (non-hydrogen) atoms. The third kappa shape index (κ3) is 3.35. The normalized spacial score (nSPS) is 12.2. The Morgan fingerprint density at radius 1 is 1.56 bits per heavy atom. The van der Waals surface area contributed by atoms with E-state index in [9.17, 15) is 9.18 Å². The molecule has 0 fully saturated rings. The average molecular weight is 264 g/mol. The molecule has 0 spiro atoms. The van der Waals surface area contributed by atoms with Crippen LogP contribution in [0.1, 0.15) is 23.7 Å². The molecule has 1 atom stereocenters. The molecule has 0 aliphatic heterocycles. The number of carbonyl (C=O) groups excluding carboxylic acids is 1. The van der Waals surface area contributed by atoms with Crippen molar-refractivity contribution in [3.05, 3.63) is 34.6 Å². The zero-order valence-electron chi connectivity index (χ0n) is 8.77. The van der Waals surface area contributed by atoms with Gasteiger partial charge < -0.3 is 5.32 Å². The molecule has 0 aliphatic carbocycles. The van der Waals surface area contributed by atoms with E-state index >= 15 is 0 Å². The molecule has 0 saturated heterocycles. The van der Waals surface area contributed by atoms with Gasteiger partial charge in [-0.25, -0.2) is 4.39 Å². The fraction of sp³-hybridized carbons (Fsp3) is 0.364. The summed E-state index contributed by atoms with van der Waals surface area (Å²) in [6.07, 6.45) is 0.749. The summed E-state index contributed by atoms with van der Waals surface area (Å²) in [7, 11) is 0. The molecule has 1 N–H and O–H groups in total. The van der Waals surface area contributed by atoms with E-state index in [0.29, 0.717) is 6.54 Å². The molecular formula is C11H12Cl2FNO. The lowest BCUT2D eigenvalue weighted by Crippen LogP contribution is -2.29. The van der Waals surface area contributed by atoms with Crippen molar-refractivity contribution in [2.24, 2.45) is 0 Å². The summed E-state index contributed by atoms with van der Waals surface area (Å²) in [6.45, 7) is 2.25. The lowest BCUT2D eigenvalue weighted by atomic mass is 10.2. The lowest BCUT2D eigenvalue weighted by Gasteiger charge is -2.09. The van der Waals surface area contributed by atoms with Crippen LogP contribution in [0.2, 0.25) is 5.02 Å². The molecule has 1 aromatic rings. The molecule has 0 aliphatic rings. The molecular weight excluding hydrogens is 252 g/mol. The number of carbonyl (C=O) groups is 1. The molecule has 88 valence electrons. The van der Waals surface area contributed by atoms with Gasteiger partial charge in [-0.1, -0.05) is 24.6 Å². The number of halogens is 3. The second kappa shape index (κ2) is 6.06. The standard InChI is InChI=1S/C11H12Cl2FNO/c1-2-7(12)6-15-11(16)8-4-3-5-9(14)10(8)13/h3-5,7H,2,6H2,1H3,(H,15,16). The predicted octanol–water partition coefficient (Wildman–Crippen LogP) is 3.23. The van der Waals surface area contributed by atoms with Crippen molar-refractivity contribution in [1.29, 1.82) is 0 Å². The summed E-state index contributed by atoms with van der Waals surface area (Å²) in [5, 5.41) is 2.30. The van der Waals surface area contributed by atoms with Crippen molar-refractivity contribution in [1.82, 2.24) is 5.32 Å². The van der Waals surface area contributed by atoms with E-state index in [1.54, 1.807) is 0 Å². The van der Waals surface area contributed by atoms with Crippen molar-refractivity contribution in [3.8, 4) is 0 Å². The quantitative estimate of drug-likeness (QED) is 0.831. The highest BCUT2D eigenvalue weighted by atomic mass is 35.5. The van der Waals surface area contributed by atoms with Gasteiger partial charge in [-0.3, -0.25) is 4.79 Å². The average Bonchev–Trinajstić information content (AvgIpc) is 2.29. The summed E-state index contributed by atoms with van der Waals surface area (Å²) in [5.74, 6) is -1.02. The maximum Gasteiger partial charge on any atom is 0.252 e. The molecule has 5 heteroatoms. The lowest BCUT2D eigenvalue weighted by molar-refractivity contribution is 0.0953. The number of hydrogen-bond acceptors (Lipinski definition) is 1. The first-order chi connectivity index (χ1) is 7.56. The van der Waals surface area contributed by atoms with E-state index in [2.05, 4.69) is 5.32 Å². The summed E-state index contributed by atoms with van der Waals surface area (Å²) in [5.41, 5.74) is 0.127. The van der Waals surface area contributed by atoms with E-state index in [4.69, 9.17) is 23.2 Å². The fourth-order valence-corrected chi connectivity index (χ4v) is 1.41. The van der Waals surface area contributed by atoms with E-state index in [0.717, 1.165) is 6.42 Å². The van der Waals surface area contributed by atoms with Crippen molar-refractivity contribution < 1.29 is 9.18 Å². The molecule has 0 heterocycles. The summed E-state index contributed by atoms with van der Waals surface area (Å²) >= 11 is 11.5. The summed E-state index contributed by atoms with van der Waals surface area (Å²) < 4.78 is 13.1. The van der Waals surface area contributed by atoms with Gasteiger partial charge in [0.2, 0.25) is 0 Å². The van der Waals surface area contributed by atoms with Crippen LogP contribution >= 0.6 is 23.2 Å². The molecule has 1 rings (SSSR count). The Morgan fingerprint density at radius 2 is 2.25 bits per heavy atom. The van der Waals surface area contributed by atoms with Gasteiger partial charge in [0.15, 0.2) is 0 Å². The Morgan fingerprint density at radius 3 is 2.88 bits per heavy atom. The highest BCUT2D eigenvalue weighted by Crippen LogP contribution is 2.19. The van der Waals surface area contributed by atoms with Crippen LogP contribution in [-0.4, -0.2) is 17.8 Å². The van der Waals surface area contributed by atoms with Gasteiger partial charge in [-0.2, -0.15) is 0 Å². The highest BCUT2D eigenvalue weighted by molar-refractivity contribution is 6.34. The van der Waals surface area contributed by atoms with E-state index < -0.39 is 11.7 Å². The van der Waals surface area contributed by atoms with Gasteiger partial charge in [-0.15, -0.1) is 11.6 Å². The molecule has 0 radical (unpaired) electrons. The third-order valence-electron chi connectivity index (χ3n) is 2.12. The first-order valence-electron chi connectivity index (χ1n) is 4.92. The van der Waals surface area contributed by atoms with Crippen molar-refractivity contribution in [2.75, 3.05) is 6.54 Å². The van der Waals surface area contributed by atoms with Gasteiger partial charge in [0, 0.05) is 6.54 Å². The fourth-order valence-electron chi connectivity index (χ4n) is 1.12. The Bertz CT molecular complexity index is 384. The van der Waals surface area contributed by atoms with Crippen LogP contribution in [-0.2, 0) is 0 Å². The minimum atomic E-state index is -0.604. The van der Waals surface area contributed by atoms with Crippen LogP contribution in [0.3, 0.4) is 0 Å². The number of alkyl halides is 1. The highest BCUT2D eigenvalue weighted by Gasteiger charge is 2.13. The Labute approximate surface area is 104 Å². The molecule has 1 amide bonds. The van der Waals surface area contributed by atoms with Gasteiger partial charge in [0.25, 0.3) is 5.91 Å². The number of amides is 1. The van der Waals surface area contributed by atoms with E-state index in [1.165, 1.54) is 18.2 Å². The number of nitrogens with one attached hydrogen (secondary N) is 1. The maximum atomic E-state index is 13.1. The first kappa shape index (κ1) is 13.3. The van der Waals surface area contributed by atoms with Crippen molar-refractivity contribution in [3.63, 3.8) is 0 Å². The van der Waals surface area contributed by atoms with E-state index in [-0.39, 0.29) is 16.0 Å². The predicted molar refractivity (Wildman–Crippen MR) is 63.7 cm³/mol. The Balaban J connectivity index is 2.70. The molecule has 0 bridgehead atoms.